The Bertz CT molecular complexity index is 381. The summed E-state index contributed by atoms with van der Waals surface area (Å²) in [6.07, 6.45) is -4.71. The van der Waals surface area contributed by atoms with Crippen LogP contribution in [0.3, 0.4) is 0 Å². The largest absolute Gasteiger partial charge is 0.479 e. The van der Waals surface area contributed by atoms with Gasteiger partial charge in [0.05, 0.1) is 18.1 Å². The summed E-state index contributed by atoms with van der Waals surface area (Å²) in [7, 11) is 0. The van der Waals surface area contributed by atoms with Gasteiger partial charge in [-0.1, -0.05) is 0 Å². The number of likely N-dealkylation sites (tertiary alicyclic amines) is 1. The maximum absolute atomic E-state index is 12.1. The van der Waals surface area contributed by atoms with Crippen LogP contribution < -0.4 is 0 Å². The third-order valence-electron chi connectivity index (χ3n) is 2.17. The first kappa shape index (κ1) is 14.8. The van der Waals surface area contributed by atoms with Gasteiger partial charge in [-0.3, -0.25) is 14.5 Å². The van der Waals surface area contributed by atoms with Crippen molar-refractivity contribution < 1.29 is 27.5 Å². The zero-order valence-electron chi connectivity index (χ0n) is 9.46. The maximum Gasteiger partial charge on any atom is 0.454 e. The molecule has 102 valence electrons. The molecule has 0 aromatic carbocycles. The van der Waals surface area contributed by atoms with Crippen molar-refractivity contribution in [3.63, 3.8) is 0 Å². The quantitative estimate of drug-likeness (QED) is 0.450. The van der Waals surface area contributed by atoms with Gasteiger partial charge in [0, 0.05) is 13.0 Å². The third-order valence-corrected chi connectivity index (χ3v) is 2.46. The number of carbonyl (C=O) groups is 2. The maximum atomic E-state index is 12.1. The van der Waals surface area contributed by atoms with Gasteiger partial charge in [0.15, 0.2) is 5.88 Å². The van der Waals surface area contributed by atoms with Crippen molar-refractivity contribution in [2.75, 3.05) is 13.2 Å². The van der Waals surface area contributed by atoms with Gasteiger partial charge in [0.2, 0.25) is 5.91 Å². The second kappa shape index (κ2) is 5.60. The Hall–Kier alpha value is -1.24. The first-order chi connectivity index (χ1) is 8.25. The number of halogens is 4. The van der Waals surface area contributed by atoms with Crippen molar-refractivity contribution in [1.82, 2.24) is 4.90 Å². The molecule has 18 heavy (non-hydrogen) atoms. The highest BCUT2D eigenvalue weighted by molar-refractivity contribution is 6.22. The average molecular weight is 286 g/mol. The van der Waals surface area contributed by atoms with Crippen LogP contribution >= 0.6 is 11.6 Å². The second-order valence-electron chi connectivity index (χ2n) is 3.58. The molecule has 1 aliphatic heterocycles. The van der Waals surface area contributed by atoms with Crippen molar-refractivity contribution in [3.05, 3.63) is 12.0 Å². The molecule has 1 aliphatic rings. The molecule has 4 nitrogen and oxygen atoms in total. The normalized spacial score (nSPS) is 21.4. The van der Waals surface area contributed by atoms with Crippen molar-refractivity contribution in [1.29, 1.82) is 0 Å². The molecule has 1 fully saturated rings. The molecule has 0 saturated carbocycles. The summed E-state index contributed by atoms with van der Waals surface area (Å²) in [5.41, 5.74) is 0. The van der Waals surface area contributed by atoms with Crippen LogP contribution in [0.15, 0.2) is 12.0 Å². The summed E-state index contributed by atoms with van der Waals surface area (Å²) in [6, 6.07) is 0. The van der Waals surface area contributed by atoms with E-state index in [0.717, 1.165) is 4.90 Å². The summed E-state index contributed by atoms with van der Waals surface area (Å²) < 4.78 is 41.3. The standard InChI is InChI=1S/C10H11ClF3NO3/c1-2-18-9(4-7(16)10(12,13)14)15-5-6(11)3-8(15)17/h4,6H,2-3,5H2,1H3. The Morgan fingerprint density at radius 2 is 2.22 bits per heavy atom. The number of alkyl halides is 4. The molecule has 1 atom stereocenters. The summed E-state index contributed by atoms with van der Waals surface area (Å²) in [6.45, 7) is 1.59. The van der Waals surface area contributed by atoms with E-state index in [9.17, 15) is 22.8 Å². The number of nitrogens with zero attached hydrogens (tertiary/aromatic N) is 1. The van der Waals surface area contributed by atoms with Crippen LogP contribution in [-0.4, -0.2) is 41.3 Å². The third kappa shape index (κ3) is 3.63. The van der Waals surface area contributed by atoms with Gasteiger partial charge in [0.1, 0.15) is 0 Å². The highest BCUT2D eigenvalue weighted by Crippen LogP contribution is 2.24. The summed E-state index contributed by atoms with van der Waals surface area (Å²) in [4.78, 5) is 23.3. The van der Waals surface area contributed by atoms with Crippen molar-refractivity contribution in [2.45, 2.75) is 24.9 Å². The molecular formula is C10H11ClF3NO3. The number of hydrogen-bond donors (Lipinski definition) is 0. The fourth-order valence-corrected chi connectivity index (χ4v) is 1.69. The zero-order valence-corrected chi connectivity index (χ0v) is 10.2. The second-order valence-corrected chi connectivity index (χ2v) is 4.20. The Kier molecular flexibility index (Phi) is 4.61. The van der Waals surface area contributed by atoms with Crippen molar-refractivity contribution in [2.24, 2.45) is 0 Å². The van der Waals surface area contributed by atoms with Gasteiger partial charge in [-0.25, -0.2) is 0 Å². The van der Waals surface area contributed by atoms with Crippen LogP contribution in [0.25, 0.3) is 0 Å². The summed E-state index contributed by atoms with van der Waals surface area (Å²) in [5, 5.41) is -0.498. The summed E-state index contributed by atoms with van der Waals surface area (Å²) in [5.74, 6) is -2.95. The number of rotatable bonds is 4. The van der Waals surface area contributed by atoms with E-state index in [0.29, 0.717) is 0 Å². The number of carbonyl (C=O) groups excluding carboxylic acids is 2. The molecule has 0 N–H and O–H groups in total. The molecule has 1 heterocycles. The molecule has 1 amide bonds. The molecule has 0 aliphatic carbocycles. The Labute approximate surface area is 106 Å². The van der Waals surface area contributed by atoms with Crippen molar-refractivity contribution >= 4 is 23.3 Å². The van der Waals surface area contributed by atoms with Gasteiger partial charge in [0.25, 0.3) is 5.78 Å². The Morgan fingerprint density at radius 1 is 1.61 bits per heavy atom. The van der Waals surface area contributed by atoms with E-state index >= 15 is 0 Å². The molecule has 8 heteroatoms. The van der Waals surface area contributed by atoms with E-state index in [1.54, 1.807) is 0 Å². The van der Waals surface area contributed by atoms with Crippen LogP contribution in [0.2, 0.25) is 0 Å². The molecule has 1 saturated heterocycles. The van der Waals surface area contributed by atoms with E-state index in [-0.39, 0.29) is 25.6 Å². The molecule has 0 aromatic heterocycles. The van der Waals surface area contributed by atoms with Gasteiger partial charge in [-0.2, -0.15) is 13.2 Å². The summed E-state index contributed by atoms with van der Waals surface area (Å²) >= 11 is 5.72. The monoisotopic (exact) mass is 285 g/mol. The number of allylic oxidation sites excluding steroid dienone is 1. The lowest BCUT2D eigenvalue weighted by Crippen LogP contribution is -2.29. The van der Waals surface area contributed by atoms with Gasteiger partial charge >= 0.3 is 6.18 Å². The Balaban J connectivity index is 2.92. The van der Waals surface area contributed by atoms with Crippen LogP contribution in [0.4, 0.5) is 13.2 Å². The van der Waals surface area contributed by atoms with Crippen LogP contribution in [0.1, 0.15) is 13.3 Å². The first-order valence-corrected chi connectivity index (χ1v) is 5.59. The molecule has 0 spiro atoms. The zero-order chi connectivity index (χ0) is 13.9. The average Bonchev–Trinajstić information content (AvgIpc) is 2.55. The fourth-order valence-electron chi connectivity index (χ4n) is 1.42. The highest BCUT2D eigenvalue weighted by atomic mass is 35.5. The topological polar surface area (TPSA) is 46.6 Å². The molecule has 0 bridgehead atoms. The number of ketones is 1. The predicted molar refractivity (Wildman–Crippen MR) is 56.7 cm³/mol. The van der Waals surface area contributed by atoms with Gasteiger partial charge < -0.3 is 4.74 Å². The molecular weight excluding hydrogens is 275 g/mol. The minimum absolute atomic E-state index is 0.00613. The molecule has 1 rings (SSSR count). The number of ether oxygens (including phenoxy) is 1. The number of amides is 1. The minimum Gasteiger partial charge on any atom is -0.479 e. The van der Waals surface area contributed by atoms with E-state index in [4.69, 9.17) is 16.3 Å². The van der Waals surface area contributed by atoms with E-state index in [1.165, 1.54) is 6.92 Å². The fraction of sp³-hybridized carbons (Fsp3) is 0.600. The highest BCUT2D eigenvalue weighted by Gasteiger charge is 2.39. The van der Waals surface area contributed by atoms with Gasteiger partial charge in [-0.05, 0) is 6.92 Å². The van der Waals surface area contributed by atoms with E-state index in [1.807, 2.05) is 0 Å². The molecule has 0 radical (unpaired) electrons. The SMILES string of the molecule is CCOC(=CC(=O)C(F)(F)F)N1CC(Cl)CC1=O. The minimum atomic E-state index is -4.99. The molecule has 1 unspecified atom stereocenters. The smallest absolute Gasteiger partial charge is 0.454 e. The lowest BCUT2D eigenvalue weighted by molar-refractivity contribution is -0.165. The van der Waals surface area contributed by atoms with Crippen molar-refractivity contribution in [3.8, 4) is 0 Å². The van der Waals surface area contributed by atoms with Crippen LogP contribution in [0, 0.1) is 0 Å². The van der Waals surface area contributed by atoms with E-state index in [2.05, 4.69) is 0 Å². The van der Waals surface area contributed by atoms with Crippen LogP contribution in [-0.2, 0) is 14.3 Å². The lowest BCUT2D eigenvalue weighted by atomic mass is 10.3. The molecule has 0 aromatic rings. The van der Waals surface area contributed by atoms with Gasteiger partial charge in [-0.15, -0.1) is 11.6 Å². The van der Waals surface area contributed by atoms with Crippen LogP contribution in [0.5, 0.6) is 0 Å². The van der Waals surface area contributed by atoms with E-state index < -0.39 is 29.1 Å². The lowest BCUT2D eigenvalue weighted by Gasteiger charge is -2.19. The Morgan fingerprint density at radius 3 is 2.61 bits per heavy atom. The first-order valence-electron chi connectivity index (χ1n) is 5.15. The predicted octanol–water partition coefficient (Wildman–Crippen LogP) is 1.84. The number of hydrogen-bond acceptors (Lipinski definition) is 3.